The second kappa shape index (κ2) is 5.46. The van der Waals surface area contributed by atoms with Crippen LogP contribution < -0.4 is 5.32 Å². The Morgan fingerprint density at radius 1 is 1.00 bits per heavy atom. The van der Waals surface area contributed by atoms with Crippen LogP contribution >= 0.6 is 0 Å². The van der Waals surface area contributed by atoms with Gasteiger partial charge in [-0.05, 0) is 24.4 Å². The van der Waals surface area contributed by atoms with Crippen molar-refractivity contribution >= 4 is 44.6 Å². The molecule has 0 atom stereocenters. The van der Waals surface area contributed by atoms with Crippen LogP contribution in [0.3, 0.4) is 0 Å². The number of amides is 1. The molecule has 0 aliphatic rings. The van der Waals surface area contributed by atoms with E-state index in [2.05, 4.69) is 15.3 Å². The standard InChI is InChI=1S/C21H15N3O2/c1-12-14-11-10-13-6-2-3-7-15(13)19(14)26-18(12)20(25)24-21-22-16-8-4-5-9-17(16)23-21/h2-11H,1H3,(H2,22,23,24,25). The van der Waals surface area contributed by atoms with E-state index in [1.54, 1.807) is 0 Å². The Labute approximate surface area is 148 Å². The summed E-state index contributed by atoms with van der Waals surface area (Å²) in [6.07, 6.45) is 0. The van der Waals surface area contributed by atoms with E-state index in [9.17, 15) is 4.79 Å². The number of fused-ring (bicyclic) bond motifs is 4. The fourth-order valence-electron chi connectivity index (χ4n) is 3.34. The Balaban J connectivity index is 1.58. The largest absolute Gasteiger partial charge is 0.450 e. The normalized spacial score (nSPS) is 11.4. The Morgan fingerprint density at radius 2 is 1.81 bits per heavy atom. The Kier molecular flexibility index (Phi) is 3.09. The number of aromatic nitrogens is 2. The van der Waals surface area contributed by atoms with E-state index in [1.165, 1.54) is 0 Å². The van der Waals surface area contributed by atoms with Crippen molar-refractivity contribution < 1.29 is 9.21 Å². The van der Waals surface area contributed by atoms with Crippen LogP contribution in [-0.4, -0.2) is 15.9 Å². The highest BCUT2D eigenvalue weighted by Gasteiger charge is 2.20. The van der Waals surface area contributed by atoms with Crippen LogP contribution in [0.2, 0.25) is 0 Å². The lowest BCUT2D eigenvalue weighted by Crippen LogP contribution is -2.13. The molecule has 0 fully saturated rings. The number of imidazole rings is 1. The number of furan rings is 1. The van der Waals surface area contributed by atoms with Gasteiger partial charge in [0.15, 0.2) is 5.76 Å². The molecule has 1 amide bonds. The zero-order valence-corrected chi connectivity index (χ0v) is 14.0. The Morgan fingerprint density at radius 3 is 2.69 bits per heavy atom. The molecule has 5 aromatic rings. The molecule has 26 heavy (non-hydrogen) atoms. The third-order valence-corrected chi connectivity index (χ3v) is 4.66. The van der Waals surface area contributed by atoms with Gasteiger partial charge in [-0.1, -0.05) is 48.5 Å². The summed E-state index contributed by atoms with van der Waals surface area (Å²) in [4.78, 5) is 20.2. The fraction of sp³-hybridized carbons (Fsp3) is 0.0476. The summed E-state index contributed by atoms with van der Waals surface area (Å²) in [5.74, 6) is 0.388. The smallest absolute Gasteiger partial charge is 0.293 e. The maximum atomic E-state index is 12.8. The number of aromatic amines is 1. The summed E-state index contributed by atoms with van der Waals surface area (Å²) >= 11 is 0. The SMILES string of the molecule is Cc1c(C(=O)Nc2nc3ccccc3[nH]2)oc2c1ccc1ccccc12. The number of rotatable bonds is 2. The molecule has 2 N–H and O–H groups in total. The van der Waals surface area contributed by atoms with Crippen LogP contribution in [0.5, 0.6) is 0 Å². The van der Waals surface area contributed by atoms with Gasteiger partial charge in [-0.15, -0.1) is 0 Å². The number of hydrogen-bond donors (Lipinski definition) is 2. The van der Waals surface area contributed by atoms with Crippen LogP contribution in [0.1, 0.15) is 16.1 Å². The van der Waals surface area contributed by atoms with Crippen molar-refractivity contribution in [1.29, 1.82) is 0 Å². The molecule has 2 aromatic heterocycles. The van der Waals surface area contributed by atoms with Gasteiger partial charge in [0.05, 0.1) is 11.0 Å². The first kappa shape index (κ1) is 14.7. The van der Waals surface area contributed by atoms with Gasteiger partial charge in [-0.25, -0.2) is 4.98 Å². The van der Waals surface area contributed by atoms with Gasteiger partial charge in [-0.2, -0.15) is 0 Å². The maximum Gasteiger partial charge on any atom is 0.293 e. The summed E-state index contributed by atoms with van der Waals surface area (Å²) in [5, 5.41) is 5.82. The van der Waals surface area contributed by atoms with Gasteiger partial charge >= 0.3 is 0 Å². The summed E-state index contributed by atoms with van der Waals surface area (Å²) in [7, 11) is 0. The molecule has 0 saturated carbocycles. The summed E-state index contributed by atoms with van der Waals surface area (Å²) < 4.78 is 5.97. The van der Waals surface area contributed by atoms with Gasteiger partial charge in [0.25, 0.3) is 5.91 Å². The molecular weight excluding hydrogens is 326 g/mol. The average molecular weight is 341 g/mol. The van der Waals surface area contributed by atoms with E-state index in [-0.39, 0.29) is 5.91 Å². The molecule has 5 heteroatoms. The minimum absolute atomic E-state index is 0.303. The van der Waals surface area contributed by atoms with Crippen LogP contribution in [0.25, 0.3) is 32.8 Å². The van der Waals surface area contributed by atoms with E-state index >= 15 is 0 Å². The fourth-order valence-corrected chi connectivity index (χ4v) is 3.34. The first-order valence-electron chi connectivity index (χ1n) is 8.37. The van der Waals surface area contributed by atoms with Gasteiger partial charge in [-0.3, -0.25) is 10.1 Å². The lowest BCUT2D eigenvalue weighted by molar-refractivity contribution is 0.0997. The Hall–Kier alpha value is -3.60. The molecule has 0 aliphatic carbocycles. The van der Waals surface area contributed by atoms with Crippen molar-refractivity contribution in [3.63, 3.8) is 0 Å². The molecule has 0 aliphatic heterocycles. The topological polar surface area (TPSA) is 70.9 Å². The van der Waals surface area contributed by atoms with E-state index in [0.717, 1.165) is 38.3 Å². The average Bonchev–Trinajstić information content (AvgIpc) is 3.22. The van der Waals surface area contributed by atoms with Crippen LogP contribution in [0.4, 0.5) is 5.95 Å². The number of benzene rings is 3. The number of H-pyrrole nitrogens is 1. The van der Waals surface area contributed by atoms with Gasteiger partial charge in [0, 0.05) is 16.3 Å². The molecule has 0 unspecified atom stereocenters. The third-order valence-electron chi connectivity index (χ3n) is 4.66. The van der Waals surface area contributed by atoms with Crippen LogP contribution in [0, 0.1) is 6.92 Å². The van der Waals surface area contributed by atoms with Gasteiger partial charge in [0.2, 0.25) is 5.95 Å². The van der Waals surface area contributed by atoms with E-state index in [1.807, 2.05) is 67.6 Å². The highest BCUT2D eigenvalue weighted by molar-refractivity contribution is 6.11. The molecule has 0 radical (unpaired) electrons. The van der Waals surface area contributed by atoms with Crippen LogP contribution in [-0.2, 0) is 0 Å². The number of nitrogens with one attached hydrogen (secondary N) is 2. The highest BCUT2D eigenvalue weighted by atomic mass is 16.3. The van der Waals surface area contributed by atoms with E-state index in [4.69, 9.17) is 4.42 Å². The molecule has 3 aromatic carbocycles. The molecular formula is C21H15N3O2. The minimum atomic E-state index is -0.318. The highest BCUT2D eigenvalue weighted by Crippen LogP contribution is 2.32. The number of nitrogens with zero attached hydrogens (tertiary/aromatic N) is 1. The summed E-state index contributed by atoms with van der Waals surface area (Å²) in [6.45, 7) is 1.90. The molecule has 5 nitrogen and oxygen atoms in total. The van der Waals surface area contributed by atoms with E-state index in [0.29, 0.717) is 11.7 Å². The number of hydrogen-bond acceptors (Lipinski definition) is 3. The molecule has 5 rings (SSSR count). The molecule has 0 spiro atoms. The zero-order valence-electron chi connectivity index (χ0n) is 14.0. The second-order valence-electron chi connectivity index (χ2n) is 6.28. The lowest BCUT2D eigenvalue weighted by Gasteiger charge is -1.99. The maximum absolute atomic E-state index is 12.8. The zero-order chi connectivity index (χ0) is 17.7. The molecule has 126 valence electrons. The predicted octanol–water partition coefficient (Wildman–Crippen LogP) is 5.02. The van der Waals surface area contributed by atoms with Crippen molar-refractivity contribution in [2.75, 3.05) is 5.32 Å². The minimum Gasteiger partial charge on any atom is -0.450 e. The summed E-state index contributed by atoms with van der Waals surface area (Å²) in [6, 6.07) is 19.6. The van der Waals surface area contributed by atoms with Crippen molar-refractivity contribution in [2.45, 2.75) is 6.92 Å². The monoisotopic (exact) mass is 341 g/mol. The molecule has 0 bridgehead atoms. The lowest BCUT2D eigenvalue weighted by atomic mass is 10.1. The number of aryl methyl sites for hydroxylation is 1. The first-order valence-corrected chi connectivity index (χ1v) is 8.37. The van der Waals surface area contributed by atoms with Crippen LogP contribution in [0.15, 0.2) is 65.1 Å². The predicted molar refractivity (Wildman–Crippen MR) is 103 cm³/mol. The van der Waals surface area contributed by atoms with Gasteiger partial charge in [0.1, 0.15) is 5.58 Å². The number of carbonyl (C=O) groups is 1. The first-order chi connectivity index (χ1) is 12.7. The van der Waals surface area contributed by atoms with Crippen molar-refractivity contribution in [3.05, 3.63) is 72.0 Å². The van der Waals surface area contributed by atoms with Crippen molar-refractivity contribution in [2.24, 2.45) is 0 Å². The number of carbonyl (C=O) groups excluding carboxylic acids is 1. The van der Waals surface area contributed by atoms with Crippen molar-refractivity contribution in [3.8, 4) is 0 Å². The second-order valence-corrected chi connectivity index (χ2v) is 6.28. The summed E-state index contributed by atoms with van der Waals surface area (Å²) in [5.41, 5.74) is 3.22. The number of anilines is 1. The number of para-hydroxylation sites is 2. The van der Waals surface area contributed by atoms with E-state index < -0.39 is 0 Å². The quantitative estimate of drug-likeness (QED) is 0.473. The Bertz CT molecular complexity index is 1260. The van der Waals surface area contributed by atoms with Crippen molar-refractivity contribution in [1.82, 2.24) is 9.97 Å². The third kappa shape index (κ3) is 2.18. The molecule has 2 heterocycles. The van der Waals surface area contributed by atoms with Gasteiger partial charge < -0.3 is 9.40 Å². The molecule has 0 saturated heterocycles.